The summed E-state index contributed by atoms with van der Waals surface area (Å²) in [5, 5.41) is 0.717. The van der Waals surface area contributed by atoms with E-state index in [4.69, 9.17) is 26.3 Å². The van der Waals surface area contributed by atoms with Gasteiger partial charge in [-0.05, 0) is 80.3 Å². The van der Waals surface area contributed by atoms with Crippen LogP contribution < -0.4 is 4.74 Å². The first kappa shape index (κ1) is 25.4. The Morgan fingerprint density at radius 2 is 2.06 bits per heavy atom. The standard InChI is InChI=1S/C30H35ClN2O2/c1-20(15-22(3)34)7-6-8-23-11-13-28-26(17-23)18-32-30(33-28)24-12-14-29(21(2)16-24)35-19-25-9-4-5-10-27(25)31/h4-5,9-10,12,14,16,18,20,23H,6-8,11,13,15,17,19H2,1-3H3. The van der Waals surface area contributed by atoms with Gasteiger partial charge in [0, 0.05) is 34.5 Å². The van der Waals surface area contributed by atoms with E-state index in [2.05, 4.69) is 13.0 Å². The fraction of sp³-hybridized carbons (Fsp3) is 0.433. The highest BCUT2D eigenvalue weighted by Gasteiger charge is 2.21. The summed E-state index contributed by atoms with van der Waals surface area (Å²) in [4.78, 5) is 20.9. The number of carbonyl (C=O) groups excluding carboxylic acids is 1. The first-order valence-electron chi connectivity index (χ1n) is 12.7. The van der Waals surface area contributed by atoms with Gasteiger partial charge in [0.25, 0.3) is 0 Å². The number of aryl methyl sites for hydroxylation is 2. The summed E-state index contributed by atoms with van der Waals surface area (Å²) in [7, 11) is 0. The Balaban J connectivity index is 1.35. The van der Waals surface area contributed by atoms with Gasteiger partial charge in [0.05, 0.1) is 0 Å². The molecule has 4 rings (SSSR count). The van der Waals surface area contributed by atoms with Crippen LogP contribution in [0.15, 0.2) is 48.7 Å². The minimum Gasteiger partial charge on any atom is -0.489 e. The number of carbonyl (C=O) groups is 1. The zero-order valence-corrected chi connectivity index (χ0v) is 21.8. The molecule has 0 saturated heterocycles. The molecule has 184 valence electrons. The molecule has 1 aromatic heterocycles. The summed E-state index contributed by atoms with van der Waals surface area (Å²) in [5.74, 6) is 3.10. The molecule has 0 bridgehead atoms. The van der Waals surface area contributed by atoms with Crippen molar-refractivity contribution in [1.82, 2.24) is 9.97 Å². The van der Waals surface area contributed by atoms with Crippen LogP contribution in [0.25, 0.3) is 11.4 Å². The molecule has 2 unspecified atom stereocenters. The number of hydrogen-bond acceptors (Lipinski definition) is 4. The van der Waals surface area contributed by atoms with Crippen LogP contribution in [-0.2, 0) is 24.2 Å². The lowest BCUT2D eigenvalue weighted by Gasteiger charge is -2.24. The average Bonchev–Trinajstić information content (AvgIpc) is 2.83. The van der Waals surface area contributed by atoms with Crippen LogP contribution in [0.1, 0.15) is 68.3 Å². The lowest BCUT2D eigenvalue weighted by Crippen LogP contribution is -2.17. The number of halogens is 1. The van der Waals surface area contributed by atoms with Crippen molar-refractivity contribution in [2.75, 3.05) is 0 Å². The van der Waals surface area contributed by atoms with E-state index in [-0.39, 0.29) is 0 Å². The largest absolute Gasteiger partial charge is 0.489 e. The van der Waals surface area contributed by atoms with Crippen LogP contribution in [0.5, 0.6) is 5.75 Å². The van der Waals surface area contributed by atoms with Crippen molar-refractivity contribution in [3.05, 3.63) is 76.1 Å². The number of hydrogen-bond donors (Lipinski definition) is 0. The van der Waals surface area contributed by atoms with Crippen molar-refractivity contribution in [1.29, 1.82) is 0 Å². The predicted molar refractivity (Wildman–Crippen MR) is 142 cm³/mol. The fourth-order valence-electron chi connectivity index (χ4n) is 5.04. The quantitative estimate of drug-likeness (QED) is 0.294. The second kappa shape index (κ2) is 11.8. The highest BCUT2D eigenvalue weighted by atomic mass is 35.5. The highest BCUT2D eigenvalue weighted by molar-refractivity contribution is 6.31. The molecule has 0 saturated carbocycles. The van der Waals surface area contributed by atoms with E-state index in [0.29, 0.717) is 35.7 Å². The van der Waals surface area contributed by atoms with Gasteiger partial charge in [0.1, 0.15) is 18.1 Å². The predicted octanol–water partition coefficient (Wildman–Crippen LogP) is 7.57. The molecule has 2 atom stereocenters. The molecule has 1 aliphatic rings. The number of benzene rings is 2. The Labute approximate surface area is 214 Å². The lowest BCUT2D eigenvalue weighted by atomic mass is 9.83. The monoisotopic (exact) mass is 490 g/mol. The van der Waals surface area contributed by atoms with Gasteiger partial charge in [-0.1, -0.05) is 56.0 Å². The summed E-state index contributed by atoms with van der Waals surface area (Å²) >= 11 is 6.25. The summed E-state index contributed by atoms with van der Waals surface area (Å²) in [6.45, 7) is 6.36. The van der Waals surface area contributed by atoms with Crippen LogP contribution in [-0.4, -0.2) is 15.8 Å². The van der Waals surface area contributed by atoms with Gasteiger partial charge >= 0.3 is 0 Å². The summed E-state index contributed by atoms with van der Waals surface area (Å²) < 4.78 is 6.02. The third-order valence-electron chi connectivity index (χ3n) is 6.97. The van der Waals surface area contributed by atoms with E-state index >= 15 is 0 Å². The second-order valence-corrected chi connectivity index (χ2v) is 10.5. The molecule has 35 heavy (non-hydrogen) atoms. The first-order valence-corrected chi connectivity index (χ1v) is 13.1. The Morgan fingerprint density at radius 3 is 2.83 bits per heavy atom. The molecule has 4 nitrogen and oxygen atoms in total. The molecule has 0 N–H and O–H groups in total. The maximum Gasteiger partial charge on any atom is 0.159 e. The molecule has 1 heterocycles. The van der Waals surface area contributed by atoms with Crippen molar-refractivity contribution in [2.24, 2.45) is 11.8 Å². The average molecular weight is 491 g/mol. The Bertz CT molecular complexity index is 1180. The van der Waals surface area contributed by atoms with Crippen LogP contribution in [0.4, 0.5) is 0 Å². The Hall–Kier alpha value is -2.72. The SMILES string of the molecule is CC(=O)CC(C)CCCC1CCc2nc(-c3ccc(OCc4ccccc4Cl)c(C)c3)ncc2C1. The minimum atomic E-state index is 0.298. The number of ketones is 1. The van der Waals surface area contributed by atoms with Gasteiger partial charge in [0.15, 0.2) is 5.82 Å². The molecule has 3 aromatic rings. The smallest absolute Gasteiger partial charge is 0.159 e. The zero-order chi connectivity index (χ0) is 24.8. The number of nitrogens with zero attached hydrogens (tertiary/aromatic N) is 2. The second-order valence-electron chi connectivity index (χ2n) is 10.1. The number of fused-ring (bicyclic) bond motifs is 1. The molecule has 0 spiro atoms. The van der Waals surface area contributed by atoms with E-state index in [0.717, 1.165) is 47.5 Å². The van der Waals surface area contributed by atoms with Gasteiger partial charge in [-0.25, -0.2) is 9.97 Å². The third-order valence-corrected chi connectivity index (χ3v) is 7.34. The molecule has 5 heteroatoms. The number of Topliss-reactive ketones (excluding diaryl/α,β-unsaturated/α-hetero) is 1. The van der Waals surface area contributed by atoms with Crippen LogP contribution in [0.2, 0.25) is 5.02 Å². The minimum absolute atomic E-state index is 0.298. The van der Waals surface area contributed by atoms with Crippen LogP contribution in [0, 0.1) is 18.8 Å². The van der Waals surface area contributed by atoms with Crippen molar-refractivity contribution >= 4 is 17.4 Å². The van der Waals surface area contributed by atoms with Crippen LogP contribution in [0.3, 0.4) is 0 Å². The summed E-state index contributed by atoms with van der Waals surface area (Å²) in [6.07, 6.45) is 9.53. The molecule has 2 aromatic carbocycles. The number of ether oxygens (including phenoxy) is 1. The first-order chi connectivity index (χ1) is 16.9. The fourth-order valence-corrected chi connectivity index (χ4v) is 5.23. The number of rotatable bonds is 10. The van der Waals surface area contributed by atoms with Crippen molar-refractivity contribution < 1.29 is 9.53 Å². The third kappa shape index (κ3) is 6.91. The normalized spacial score (nSPS) is 15.9. The maximum absolute atomic E-state index is 11.3. The Morgan fingerprint density at radius 1 is 1.23 bits per heavy atom. The Kier molecular flexibility index (Phi) is 8.56. The highest BCUT2D eigenvalue weighted by Crippen LogP contribution is 2.31. The molecule has 0 fully saturated rings. The van der Waals surface area contributed by atoms with Gasteiger partial charge < -0.3 is 9.53 Å². The zero-order valence-electron chi connectivity index (χ0n) is 21.0. The topological polar surface area (TPSA) is 52.1 Å². The van der Waals surface area contributed by atoms with E-state index in [1.807, 2.05) is 49.5 Å². The lowest BCUT2D eigenvalue weighted by molar-refractivity contribution is -0.117. The summed E-state index contributed by atoms with van der Waals surface area (Å²) in [6, 6.07) is 13.9. The molecular weight excluding hydrogens is 456 g/mol. The van der Waals surface area contributed by atoms with E-state index in [1.54, 1.807) is 6.92 Å². The van der Waals surface area contributed by atoms with Crippen LogP contribution >= 0.6 is 11.6 Å². The maximum atomic E-state index is 11.3. The molecule has 0 radical (unpaired) electrons. The molecule has 0 aliphatic heterocycles. The summed E-state index contributed by atoms with van der Waals surface area (Å²) in [5.41, 5.74) is 5.51. The van der Waals surface area contributed by atoms with E-state index in [1.165, 1.54) is 30.5 Å². The van der Waals surface area contributed by atoms with E-state index in [9.17, 15) is 4.79 Å². The number of aromatic nitrogens is 2. The molecular formula is C30H35ClN2O2. The van der Waals surface area contributed by atoms with Crippen molar-refractivity contribution in [2.45, 2.75) is 72.3 Å². The van der Waals surface area contributed by atoms with Crippen molar-refractivity contribution in [3.8, 4) is 17.1 Å². The molecule has 1 aliphatic carbocycles. The van der Waals surface area contributed by atoms with Gasteiger partial charge in [-0.15, -0.1) is 0 Å². The van der Waals surface area contributed by atoms with Crippen molar-refractivity contribution in [3.63, 3.8) is 0 Å². The van der Waals surface area contributed by atoms with E-state index < -0.39 is 0 Å². The van der Waals surface area contributed by atoms with Gasteiger partial charge in [-0.2, -0.15) is 0 Å². The van der Waals surface area contributed by atoms with Gasteiger partial charge in [0.2, 0.25) is 0 Å². The molecule has 0 amide bonds. The van der Waals surface area contributed by atoms with Gasteiger partial charge in [-0.3, -0.25) is 0 Å².